The number of halogens is 2. The Labute approximate surface area is 142 Å². The zero-order chi connectivity index (χ0) is 15.1. The van der Waals surface area contributed by atoms with Gasteiger partial charge in [-0.3, -0.25) is 0 Å². The van der Waals surface area contributed by atoms with E-state index in [0.29, 0.717) is 12.8 Å². The summed E-state index contributed by atoms with van der Waals surface area (Å²) < 4.78 is 11.8. The maximum Gasteiger partial charge on any atom is 0.231 e. The van der Waals surface area contributed by atoms with Gasteiger partial charge < -0.3 is 14.8 Å². The lowest BCUT2D eigenvalue weighted by molar-refractivity contribution is 0.173. The van der Waals surface area contributed by atoms with Crippen molar-refractivity contribution in [2.24, 2.45) is 0 Å². The zero-order valence-corrected chi connectivity index (χ0v) is 14.2. The average molecular weight is 381 g/mol. The number of fused-ring (bicyclic) bond motifs is 2. The molecule has 3 nitrogen and oxygen atoms in total. The van der Waals surface area contributed by atoms with Crippen LogP contribution >= 0.6 is 27.5 Å². The van der Waals surface area contributed by atoms with E-state index in [4.69, 9.17) is 21.1 Å². The van der Waals surface area contributed by atoms with Gasteiger partial charge in [0.2, 0.25) is 6.79 Å². The van der Waals surface area contributed by atoms with Crippen molar-refractivity contribution in [1.29, 1.82) is 0 Å². The van der Waals surface area contributed by atoms with Crippen LogP contribution in [0.1, 0.15) is 29.2 Å². The molecule has 22 heavy (non-hydrogen) atoms. The van der Waals surface area contributed by atoms with Gasteiger partial charge in [-0.2, -0.15) is 0 Å². The SMILES string of the molecule is Clc1cccc2c1CC[C@H]2NCc1cc(Br)c2c(c1)OCO2. The van der Waals surface area contributed by atoms with Crippen molar-refractivity contribution in [3.63, 3.8) is 0 Å². The molecule has 1 aliphatic heterocycles. The third-order valence-electron chi connectivity index (χ3n) is 4.25. The molecule has 0 radical (unpaired) electrons. The summed E-state index contributed by atoms with van der Waals surface area (Å²) in [5, 5.41) is 4.51. The molecule has 0 bridgehead atoms. The molecule has 2 aliphatic rings. The highest BCUT2D eigenvalue weighted by molar-refractivity contribution is 9.10. The molecular formula is C17H15BrClNO2. The molecule has 2 aromatic rings. The van der Waals surface area contributed by atoms with E-state index in [-0.39, 0.29) is 0 Å². The molecule has 1 aliphatic carbocycles. The zero-order valence-electron chi connectivity index (χ0n) is 11.9. The fourth-order valence-corrected chi connectivity index (χ4v) is 4.07. The number of hydrogen-bond acceptors (Lipinski definition) is 3. The first-order valence-electron chi connectivity index (χ1n) is 7.31. The van der Waals surface area contributed by atoms with Gasteiger partial charge in [-0.1, -0.05) is 23.7 Å². The highest BCUT2D eigenvalue weighted by Gasteiger charge is 2.24. The molecule has 1 N–H and O–H groups in total. The van der Waals surface area contributed by atoms with Crippen LogP contribution in [0.15, 0.2) is 34.8 Å². The van der Waals surface area contributed by atoms with Crippen LogP contribution in [0.25, 0.3) is 0 Å². The quantitative estimate of drug-likeness (QED) is 0.843. The fourth-order valence-electron chi connectivity index (χ4n) is 3.19. The molecule has 5 heteroatoms. The maximum absolute atomic E-state index is 6.27. The minimum absolute atomic E-state index is 0.291. The molecule has 0 fully saturated rings. The van der Waals surface area contributed by atoms with E-state index >= 15 is 0 Å². The number of rotatable bonds is 3. The van der Waals surface area contributed by atoms with E-state index in [0.717, 1.165) is 40.4 Å². The van der Waals surface area contributed by atoms with Crippen molar-refractivity contribution < 1.29 is 9.47 Å². The molecule has 0 saturated carbocycles. The topological polar surface area (TPSA) is 30.5 Å². The molecule has 1 heterocycles. The molecule has 0 amide bonds. The molecule has 0 spiro atoms. The average Bonchev–Trinajstić information content (AvgIpc) is 3.12. The summed E-state index contributed by atoms with van der Waals surface area (Å²) in [5.74, 6) is 1.60. The first kappa shape index (κ1) is 14.4. The summed E-state index contributed by atoms with van der Waals surface area (Å²) in [6.07, 6.45) is 2.13. The van der Waals surface area contributed by atoms with Crippen LogP contribution in [0.5, 0.6) is 11.5 Å². The Balaban J connectivity index is 1.51. The van der Waals surface area contributed by atoms with Crippen molar-refractivity contribution in [3.05, 3.63) is 56.5 Å². The van der Waals surface area contributed by atoms with Gasteiger partial charge in [0.1, 0.15) is 0 Å². The Morgan fingerprint density at radius 2 is 2.18 bits per heavy atom. The second-order valence-electron chi connectivity index (χ2n) is 5.59. The van der Waals surface area contributed by atoms with Crippen LogP contribution in [0, 0.1) is 0 Å². The monoisotopic (exact) mass is 379 g/mol. The Hall–Kier alpha value is -1.23. The highest BCUT2D eigenvalue weighted by atomic mass is 79.9. The number of nitrogens with one attached hydrogen (secondary N) is 1. The second kappa shape index (κ2) is 5.76. The predicted octanol–water partition coefficient (Wildman–Crippen LogP) is 4.61. The summed E-state index contributed by atoms with van der Waals surface area (Å²) in [6, 6.07) is 10.6. The van der Waals surface area contributed by atoms with Crippen molar-refractivity contribution in [2.75, 3.05) is 6.79 Å². The molecule has 0 unspecified atom stereocenters. The van der Waals surface area contributed by atoms with E-state index < -0.39 is 0 Å². The lowest BCUT2D eigenvalue weighted by Crippen LogP contribution is -2.18. The summed E-state index contributed by atoms with van der Waals surface area (Å²) in [6.45, 7) is 1.07. The van der Waals surface area contributed by atoms with Crippen LogP contribution in [-0.4, -0.2) is 6.79 Å². The first-order chi connectivity index (χ1) is 10.7. The van der Waals surface area contributed by atoms with E-state index in [1.54, 1.807) is 0 Å². The first-order valence-corrected chi connectivity index (χ1v) is 8.48. The predicted molar refractivity (Wildman–Crippen MR) is 89.6 cm³/mol. The minimum Gasteiger partial charge on any atom is -0.454 e. The van der Waals surface area contributed by atoms with Crippen LogP contribution in [0.2, 0.25) is 5.02 Å². The fraction of sp³-hybridized carbons (Fsp3) is 0.294. The Kier molecular flexibility index (Phi) is 3.76. The van der Waals surface area contributed by atoms with Gasteiger partial charge in [-0.05, 0) is 63.7 Å². The molecule has 114 valence electrons. The molecular weight excluding hydrogens is 366 g/mol. The van der Waals surface area contributed by atoms with Crippen LogP contribution in [-0.2, 0) is 13.0 Å². The van der Waals surface area contributed by atoms with Gasteiger partial charge in [0, 0.05) is 17.6 Å². The van der Waals surface area contributed by atoms with Crippen molar-refractivity contribution in [3.8, 4) is 11.5 Å². The van der Waals surface area contributed by atoms with Crippen LogP contribution in [0.3, 0.4) is 0 Å². The largest absolute Gasteiger partial charge is 0.454 e. The Morgan fingerprint density at radius 1 is 1.27 bits per heavy atom. The van der Waals surface area contributed by atoms with Gasteiger partial charge in [0.25, 0.3) is 0 Å². The lowest BCUT2D eigenvalue weighted by atomic mass is 10.1. The van der Waals surface area contributed by atoms with Gasteiger partial charge in [-0.15, -0.1) is 0 Å². The Morgan fingerprint density at radius 3 is 3.09 bits per heavy atom. The van der Waals surface area contributed by atoms with E-state index in [1.807, 2.05) is 18.2 Å². The standard InChI is InChI=1S/C17H15BrClNO2/c18-13-6-10(7-16-17(13)22-9-21-16)8-20-15-5-4-11-12(15)2-1-3-14(11)19/h1-3,6-7,15,20H,4-5,8-9H2/t15-/m1/s1. The number of benzene rings is 2. The highest BCUT2D eigenvalue weighted by Crippen LogP contribution is 2.40. The van der Waals surface area contributed by atoms with Gasteiger partial charge in [-0.25, -0.2) is 0 Å². The molecule has 2 aromatic carbocycles. The Bertz CT molecular complexity index is 735. The lowest BCUT2D eigenvalue weighted by Gasteiger charge is -2.15. The molecule has 0 saturated heterocycles. The van der Waals surface area contributed by atoms with Gasteiger partial charge in [0.15, 0.2) is 11.5 Å². The summed E-state index contributed by atoms with van der Waals surface area (Å²) in [5.41, 5.74) is 3.78. The second-order valence-corrected chi connectivity index (χ2v) is 6.85. The molecule has 1 atom stereocenters. The summed E-state index contributed by atoms with van der Waals surface area (Å²) in [4.78, 5) is 0. The minimum atomic E-state index is 0.291. The van der Waals surface area contributed by atoms with Crippen LogP contribution < -0.4 is 14.8 Å². The van der Waals surface area contributed by atoms with E-state index in [2.05, 4.69) is 33.4 Å². The summed E-state index contributed by atoms with van der Waals surface area (Å²) >= 11 is 9.81. The third kappa shape index (κ3) is 2.49. The summed E-state index contributed by atoms with van der Waals surface area (Å²) in [7, 11) is 0. The van der Waals surface area contributed by atoms with Gasteiger partial charge >= 0.3 is 0 Å². The smallest absolute Gasteiger partial charge is 0.231 e. The maximum atomic E-state index is 6.27. The third-order valence-corrected chi connectivity index (χ3v) is 5.20. The normalized spacial score (nSPS) is 18.5. The number of ether oxygens (including phenoxy) is 2. The van der Waals surface area contributed by atoms with Crippen molar-refractivity contribution in [2.45, 2.75) is 25.4 Å². The van der Waals surface area contributed by atoms with Gasteiger partial charge in [0.05, 0.1) is 4.47 Å². The van der Waals surface area contributed by atoms with Crippen molar-refractivity contribution in [1.82, 2.24) is 5.32 Å². The van der Waals surface area contributed by atoms with Crippen molar-refractivity contribution >= 4 is 27.5 Å². The molecule has 0 aromatic heterocycles. The van der Waals surface area contributed by atoms with E-state index in [9.17, 15) is 0 Å². The van der Waals surface area contributed by atoms with E-state index in [1.165, 1.54) is 16.7 Å². The molecule has 4 rings (SSSR count). The number of hydrogen-bond donors (Lipinski definition) is 1. The van der Waals surface area contributed by atoms with Crippen LogP contribution in [0.4, 0.5) is 0 Å².